The number of nitrogens with zero attached hydrogens (tertiary/aromatic N) is 2. The van der Waals surface area contributed by atoms with Crippen LogP contribution in [0.4, 0.5) is 0 Å². The van der Waals surface area contributed by atoms with Gasteiger partial charge in [-0.05, 0) is 53.8 Å². The molecule has 35 heavy (non-hydrogen) atoms. The van der Waals surface area contributed by atoms with Crippen LogP contribution in [0.1, 0.15) is 35.4 Å². The first-order valence-electron chi connectivity index (χ1n) is 12.0. The predicted octanol–water partition coefficient (Wildman–Crippen LogP) is 4.27. The summed E-state index contributed by atoms with van der Waals surface area (Å²) in [6, 6.07) is 25.0. The second kappa shape index (κ2) is 9.84. The van der Waals surface area contributed by atoms with Gasteiger partial charge in [0.25, 0.3) is 0 Å². The first kappa shape index (κ1) is 23.6. The standard InChI is InChI=1S/C28H30N2O4S/c1-34-24-13-15-25(16-14-24)35(32,33)30-17-7-11-23(19-30)28(31)29-18-22-10-5-6-12-26(22)27(20-29)21-8-3-2-4-9-21/h2-6,8-10,12-16,23,27H,7,11,17-20H2,1H3. The fraction of sp³-hybridized carbons (Fsp3) is 0.321. The molecule has 7 heteroatoms. The van der Waals surface area contributed by atoms with Crippen molar-refractivity contribution in [1.82, 2.24) is 9.21 Å². The summed E-state index contributed by atoms with van der Waals surface area (Å²) in [5, 5.41) is 0. The molecule has 2 unspecified atom stereocenters. The maximum Gasteiger partial charge on any atom is 0.243 e. The van der Waals surface area contributed by atoms with E-state index in [2.05, 4.69) is 30.3 Å². The number of benzene rings is 3. The molecule has 1 saturated heterocycles. The van der Waals surface area contributed by atoms with E-state index in [1.165, 1.54) is 15.4 Å². The molecule has 2 atom stereocenters. The zero-order valence-electron chi connectivity index (χ0n) is 19.8. The number of sulfonamides is 1. The Balaban J connectivity index is 1.36. The van der Waals surface area contributed by atoms with Crippen LogP contribution in [0.5, 0.6) is 5.75 Å². The summed E-state index contributed by atoms with van der Waals surface area (Å²) in [4.78, 5) is 15.9. The Morgan fingerprint density at radius 3 is 2.37 bits per heavy atom. The summed E-state index contributed by atoms with van der Waals surface area (Å²) in [7, 11) is -2.13. The number of fused-ring (bicyclic) bond motifs is 1. The normalized spacial score (nSPS) is 20.8. The first-order chi connectivity index (χ1) is 17.0. The van der Waals surface area contributed by atoms with Crippen molar-refractivity contribution in [3.8, 4) is 5.75 Å². The molecule has 0 saturated carbocycles. The molecule has 5 rings (SSSR count). The average molecular weight is 491 g/mol. The first-order valence-corrected chi connectivity index (χ1v) is 13.5. The molecule has 1 fully saturated rings. The number of methoxy groups -OCH3 is 1. The van der Waals surface area contributed by atoms with Crippen LogP contribution < -0.4 is 4.74 Å². The van der Waals surface area contributed by atoms with Crippen LogP contribution in [-0.4, -0.2) is 50.3 Å². The fourth-order valence-electron chi connectivity index (χ4n) is 5.26. The smallest absolute Gasteiger partial charge is 0.243 e. The van der Waals surface area contributed by atoms with Gasteiger partial charge in [0.15, 0.2) is 0 Å². The summed E-state index contributed by atoms with van der Waals surface area (Å²) in [5.41, 5.74) is 3.60. The lowest BCUT2D eigenvalue weighted by Crippen LogP contribution is -2.48. The van der Waals surface area contributed by atoms with Crippen LogP contribution in [0, 0.1) is 5.92 Å². The number of carbonyl (C=O) groups excluding carboxylic acids is 1. The third-order valence-electron chi connectivity index (χ3n) is 7.14. The van der Waals surface area contributed by atoms with Crippen LogP contribution >= 0.6 is 0 Å². The van der Waals surface area contributed by atoms with Gasteiger partial charge in [-0.3, -0.25) is 4.79 Å². The molecule has 2 aliphatic rings. The lowest BCUT2D eigenvalue weighted by atomic mass is 9.84. The second-order valence-corrected chi connectivity index (χ2v) is 11.2. The van der Waals surface area contributed by atoms with E-state index in [-0.39, 0.29) is 29.2 Å². The summed E-state index contributed by atoms with van der Waals surface area (Å²) in [5.74, 6) is 0.398. The van der Waals surface area contributed by atoms with Gasteiger partial charge in [0.2, 0.25) is 15.9 Å². The van der Waals surface area contributed by atoms with Crippen molar-refractivity contribution in [2.75, 3.05) is 26.7 Å². The van der Waals surface area contributed by atoms with Crippen LogP contribution in [0.3, 0.4) is 0 Å². The molecule has 182 valence electrons. The molecule has 2 aliphatic heterocycles. The number of carbonyl (C=O) groups is 1. The summed E-state index contributed by atoms with van der Waals surface area (Å²) < 4.78 is 33.2. The maximum atomic E-state index is 13.7. The van der Waals surface area contributed by atoms with Crippen molar-refractivity contribution in [3.05, 3.63) is 95.6 Å². The Hall–Kier alpha value is -3.16. The lowest BCUT2D eigenvalue weighted by molar-refractivity contribution is -0.137. The van der Waals surface area contributed by atoms with Gasteiger partial charge in [0.05, 0.1) is 17.9 Å². The highest BCUT2D eigenvalue weighted by Crippen LogP contribution is 2.35. The van der Waals surface area contributed by atoms with Gasteiger partial charge in [-0.1, -0.05) is 54.6 Å². The van der Waals surface area contributed by atoms with E-state index < -0.39 is 10.0 Å². The molecule has 0 spiro atoms. The second-order valence-electron chi connectivity index (χ2n) is 9.26. The molecule has 2 heterocycles. The minimum Gasteiger partial charge on any atom is -0.497 e. The van der Waals surface area contributed by atoms with Crippen molar-refractivity contribution in [2.24, 2.45) is 5.92 Å². The predicted molar refractivity (Wildman–Crippen MR) is 135 cm³/mol. The third-order valence-corrected chi connectivity index (χ3v) is 9.02. The SMILES string of the molecule is COc1ccc(S(=O)(=O)N2CCCC(C(=O)N3Cc4ccccc4C(c4ccccc4)C3)C2)cc1. The number of rotatable bonds is 5. The van der Waals surface area contributed by atoms with Gasteiger partial charge in [-0.2, -0.15) is 4.31 Å². The van der Waals surface area contributed by atoms with E-state index in [0.717, 1.165) is 5.56 Å². The molecular formula is C28H30N2O4S. The van der Waals surface area contributed by atoms with Crippen LogP contribution in [-0.2, 0) is 21.4 Å². The van der Waals surface area contributed by atoms with Gasteiger partial charge in [0.1, 0.15) is 5.75 Å². The van der Waals surface area contributed by atoms with Gasteiger partial charge >= 0.3 is 0 Å². The van der Waals surface area contributed by atoms with Crippen LogP contribution in [0.15, 0.2) is 83.8 Å². The Bertz CT molecular complexity index is 1290. The Morgan fingerprint density at radius 2 is 1.63 bits per heavy atom. The zero-order chi connectivity index (χ0) is 24.4. The van der Waals surface area contributed by atoms with Crippen molar-refractivity contribution in [2.45, 2.75) is 30.2 Å². The van der Waals surface area contributed by atoms with Crippen LogP contribution in [0.25, 0.3) is 0 Å². The number of hydrogen-bond donors (Lipinski definition) is 0. The minimum absolute atomic E-state index is 0.0371. The molecule has 3 aromatic rings. The molecule has 0 bridgehead atoms. The molecular weight excluding hydrogens is 460 g/mol. The monoisotopic (exact) mass is 490 g/mol. The summed E-state index contributed by atoms with van der Waals surface area (Å²) in [6.07, 6.45) is 1.36. The zero-order valence-corrected chi connectivity index (χ0v) is 20.7. The maximum absolute atomic E-state index is 13.7. The molecule has 0 aliphatic carbocycles. The fourth-order valence-corrected chi connectivity index (χ4v) is 6.79. The molecule has 6 nitrogen and oxygen atoms in total. The number of hydrogen-bond acceptors (Lipinski definition) is 4. The largest absolute Gasteiger partial charge is 0.497 e. The number of amides is 1. The van der Waals surface area contributed by atoms with Crippen molar-refractivity contribution in [3.63, 3.8) is 0 Å². The summed E-state index contributed by atoms with van der Waals surface area (Å²) in [6.45, 7) is 1.79. The minimum atomic E-state index is -3.68. The molecule has 3 aromatic carbocycles. The molecule has 0 N–H and O–H groups in total. The van der Waals surface area contributed by atoms with E-state index in [9.17, 15) is 13.2 Å². The number of ether oxygens (including phenoxy) is 1. The van der Waals surface area contributed by atoms with Crippen molar-refractivity contribution >= 4 is 15.9 Å². The van der Waals surface area contributed by atoms with Gasteiger partial charge in [-0.15, -0.1) is 0 Å². The Morgan fingerprint density at radius 1 is 0.914 bits per heavy atom. The van der Waals surface area contributed by atoms with Crippen molar-refractivity contribution in [1.29, 1.82) is 0 Å². The topological polar surface area (TPSA) is 66.9 Å². The Labute approximate surface area is 207 Å². The van der Waals surface area contributed by atoms with Gasteiger partial charge < -0.3 is 9.64 Å². The van der Waals surface area contributed by atoms with E-state index in [1.807, 2.05) is 29.2 Å². The molecule has 0 radical (unpaired) electrons. The molecule has 1 amide bonds. The lowest BCUT2D eigenvalue weighted by Gasteiger charge is -2.39. The van der Waals surface area contributed by atoms with Crippen molar-refractivity contribution < 1.29 is 17.9 Å². The van der Waals surface area contributed by atoms with Gasteiger partial charge in [-0.25, -0.2) is 8.42 Å². The Kier molecular flexibility index (Phi) is 6.62. The van der Waals surface area contributed by atoms with Crippen LogP contribution in [0.2, 0.25) is 0 Å². The van der Waals surface area contributed by atoms with Gasteiger partial charge in [0, 0.05) is 32.1 Å². The van der Waals surface area contributed by atoms with E-state index in [0.29, 0.717) is 38.2 Å². The van der Waals surface area contributed by atoms with E-state index >= 15 is 0 Å². The quantitative estimate of drug-likeness (QED) is 0.536. The average Bonchev–Trinajstić information content (AvgIpc) is 2.92. The number of piperidine rings is 1. The van der Waals surface area contributed by atoms with E-state index in [4.69, 9.17) is 4.74 Å². The van der Waals surface area contributed by atoms with E-state index in [1.54, 1.807) is 31.4 Å². The highest BCUT2D eigenvalue weighted by Gasteiger charge is 2.37. The highest BCUT2D eigenvalue weighted by atomic mass is 32.2. The molecule has 0 aromatic heterocycles. The third kappa shape index (κ3) is 4.70. The highest BCUT2D eigenvalue weighted by molar-refractivity contribution is 7.89. The summed E-state index contributed by atoms with van der Waals surface area (Å²) >= 11 is 0.